The first kappa shape index (κ1) is 22.7. The Balaban J connectivity index is 1.67. The largest absolute Gasteiger partial charge is 0.379 e. The van der Waals surface area contributed by atoms with Crippen LogP contribution < -0.4 is 5.32 Å². The average molecular weight is 444 g/mol. The number of amides is 1. The van der Waals surface area contributed by atoms with Gasteiger partial charge in [0.15, 0.2) is 0 Å². The highest BCUT2D eigenvalue weighted by Crippen LogP contribution is 2.28. The van der Waals surface area contributed by atoms with Gasteiger partial charge in [-0.25, -0.2) is 8.42 Å². The van der Waals surface area contributed by atoms with Gasteiger partial charge in [0.2, 0.25) is 5.91 Å². The van der Waals surface area contributed by atoms with E-state index in [4.69, 9.17) is 4.74 Å². The normalized spacial score (nSPS) is 22.8. The molecule has 1 amide bonds. The Hall–Kier alpha value is -1.00. The lowest BCUT2D eigenvalue weighted by atomic mass is 9.92. The molecule has 0 bridgehead atoms. The second-order valence-electron chi connectivity index (χ2n) is 7.74. The number of hydrogen-bond acceptors (Lipinski definition) is 6. The third kappa shape index (κ3) is 5.19. The van der Waals surface area contributed by atoms with Gasteiger partial charge in [-0.1, -0.05) is 32.8 Å². The molecule has 7 nitrogen and oxygen atoms in total. The van der Waals surface area contributed by atoms with Crippen molar-refractivity contribution in [3.8, 4) is 0 Å². The Morgan fingerprint density at radius 3 is 2.62 bits per heavy atom. The summed E-state index contributed by atoms with van der Waals surface area (Å²) >= 11 is 1.20. The van der Waals surface area contributed by atoms with Gasteiger partial charge in [0.05, 0.1) is 13.2 Å². The van der Waals surface area contributed by atoms with Gasteiger partial charge in [-0.05, 0) is 30.2 Å². The van der Waals surface area contributed by atoms with Crippen molar-refractivity contribution in [2.45, 2.75) is 55.8 Å². The number of morpholine rings is 1. The van der Waals surface area contributed by atoms with Crippen LogP contribution in [0.3, 0.4) is 0 Å². The molecule has 2 unspecified atom stereocenters. The van der Waals surface area contributed by atoms with Gasteiger partial charge in [-0.3, -0.25) is 9.69 Å². The van der Waals surface area contributed by atoms with Crippen LogP contribution in [-0.4, -0.2) is 75.0 Å². The maximum atomic E-state index is 13.0. The Labute approximate surface area is 178 Å². The number of carbonyl (C=O) groups is 1. The number of nitrogens with one attached hydrogen (secondary N) is 1. The van der Waals surface area contributed by atoms with Crippen LogP contribution in [0.2, 0.25) is 0 Å². The number of hydrogen-bond donors (Lipinski definition) is 1. The molecular formula is C20H33N3O4S2. The summed E-state index contributed by atoms with van der Waals surface area (Å²) in [4.78, 5) is 15.4. The third-order valence-corrected chi connectivity index (χ3v) is 9.44. The van der Waals surface area contributed by atoms with Crippen molar-refractivity contribution in [2.24, 2.45) is 5.92 Å². The molecule has 0 radical (unpaired) electrons. The summed E-state index contributed by atoms with van der Waals surface area (Å²) in [6.45, 7) is 8.52. The van der Waals surface area contributed by atoms with Crippen molar-refractivity contribution in [2.75, 3.05) is 39.4 Å². The molecule has 29 heavy (non-hydrogen) atoms. The van der Waals surface area contributed by atoms with Crippen LogP contribution in [-0.2, 0) is 19.6 Å². The molecule has 1 aromatic heterocycles. The summed E-state index contributed by atoms with van der Waals surface area (Å²) < 4.78 is 33.0. The summed E-state index contributed by atoms with van der Waals surface area (Å²) in [7, 11) is -3.61. The van der Waals surface area contributed by atoms with Crippen molar-refractivity contribution in [1.82, 2.24) is 14.5 Å². The van der Waals surface area contributed by atoms with E-state index in [1.807, 2.05) is 0 Å². The Bertz CT molecular complexity index is 744. The molecule has 0 aromatic carbocycles. The quantitative estimate of drug-likeness (QED) is 0.633. The van der Waals surface area contributed by atoms with E-state index in [0.29, 0.717) is 36.1 Å². The molecule has 0 spiro atoms. The molecule has 9 heteroatoms. The molecule has 2 aliphatic heterocycles. The molecule has 2 saturated heterocycles. The lowest BCUT2D eigenvalue weighted by Crippen LogP contribution is -2.54. The van der Waals surface area contributed by atoms with Crippen molar-refractivity contribution in [3.05, 3.63) is 17.5 Å². The SMILES string of the molecule is CCC(CC)C(CNC(=O)C1CCCN1S(=O)(=O)c1cccs1)N1CCOCC1. The smallest absolute Gasteiger partial charge is 0.253 e. The second-order valence-corrected chi connectivity index (χ2v) is 10.8. The maximum absolute atomic E-state index is 13.0. The molecular weight excluding hydrogens is 410 g/mol. The first-order valence-corrected chi connectivity index (χ1v) is 13.0. The summed E-state index contributed by atoms with van der Waals surface area (Å²) in [5, 5.41) is 4.84. The Kier molecular flexibility index (Phi) is 8.09. The van der Waals surface area contributed by atoms with E-state index in [1.165, 1.54) is 15.6 Å². The summed E-state index contributed by atoms with van der Waals surface area (Å²) in [6.07, 6.45) is 3.39. The molecule has 1 N–H and O–H groups in total. The van der Waals surface area contributed by atoms with E-state index in [1.54, 1.807) is 17.5 Å². The molecule has 1 aromatic rings. The third-order valence-electron chi connectivity index (χ3n) is 6.16. The molecule has 0 aliphatic carbocycles. The van der Waals surface area contributed by atoms with Crippen LogP contribution >= 0.6 is 11.3 Å². The average Bonchev–Trinajstić information content (AvgIpc) is 3.44. The van der Waals surface area contributed by atoms with Crippen molar-refractivity contribution in [1.29, 1.82) is 0 Å². The number of rotatable bonds is 9. The van der Waals surface area contributed by atoms with Gasteiger partial charge in [0, 0.05) is 32.2 Å². The highest BCUT2D eigenvalue weighted by atomic mass is 32.2. The Morgan fingerprint density at radius 2 is 2.00 bits per heavy atom. The van der Waals surface area contributed by atoms with Crippen LogP contribution in [0, 0.1) is 5.92 Å². The van der Waals surface area contributed by atoms with Gasteiger partial charge in [-0.15, -0.1) is 11.3 Å². The lowest BCUT2D eigenvalue weighted by Gasteiger charge is -2.39. The number of carbonyl (C=O) groups excluding carboxylic acids is 1. The minimum Gasteiger partial charge on any atom is -0.379 e. The van der Waals surface area contributed by atoms with E-state index in [9.17, 15) is 13.2 Å². The Morgan fingerprint density at radius 1 is 1.28 bits per heavy atom. The van der Waals surface area contributed by atoms with Crippen LogP contribution in [0.25, 0.3) is 0 Å². The van der Waals surface area contributed by atoms with E-state index in [0.717, 1.165) is 39.1 Å². The van der Waals surface area contributed by atoms with Gasteiger partial charge < -0.3 is 10.1 Å². The minimum atomic E-state index is -3.61. The van der Waals surface area contributed by atoms with Crippen molar-refractivity contribution in [3.63, 3.8) is 0 Å². The van der Waals surface area contributed by atoms with Gasteiger partial charge in [0.1, 0.15) is 10.3 Å². The van der Waals surface area contributed by atoms with Crippen LogP contribution in [0.4, 0.5) is 0 Å². The predicted molar refractivity (Wildman–Crippen MR) is 114 cm³/mol. The zero-order valence-corrected chi connectivity index (χ0v) is 19.0. The fourth-order valence-corrected chi connectivity index (χ4v) is 7.25. The molecule has 3 rings (SSSR count). The summed E-state index contributed by atoms with van der Waals surface area (Å²) in [5.41, 5.74) is 0. The molecule has 2 fully saturated rings. The minimum absolute atomic E-state index is 0.174. The molecule has 2 aliphatic rings. The van der Waals surface area contributed by atoms with Gasteiger partial charge in [-0.2, -0.15) is 4.31 Å². The predicted octanol–water partition coefficient (Wildman–Crippen LogP) is 2.15. The first-order valence-electron chi connectivity index (χ1n) is 10.6. The fraction of sp³-hybridized carbons (Fsp3) is 0.750. The lowest BCUT2D eigenvalue weighted by molar-refractivity contribution is -0.124. The topological polar surface area (TPSA) is 79.0 Å². The summed E-state index contributed by atoms with van der Waals surface area (Å²) in [5.74, 6) is 0.315. The number of ether oxygens (including phenoxy) is 1. The fourth-order valence-electron chi connectivity index (χ4n) is 4.47. The van der Waals surface area contributed by atoms with Gasteiger partial charge >= 0.3 is 0 Å². The standard InChI is InChI=1S/C20H33N3O4S2/c1-3-16(4-2)18(22-10-12-27-13-11-22)15-21-20(24)17-7-5-9-23(17)29(25,26)19-8-6-14-28-19/h6,8,14,16-18H,3-5,7,9-13,15H2,1-2H3,(H,21,24). The van der Waals surface area contributed by atoms with Crippen molar-refractivity contribution >= 4 is 27.3 Å². The zero-order valence-electron chi connectivity index (χ0n) is 17.4. The van der Waals surface area contributed by atoms with Gasteiger partial charge in [0.25, 0.3) is 10.0 Å². The molecule has 2 atom stereocenters. The number of thiophene rings is 1. The van der Waals surface area contributed by atoms with E-state index >= 15 is 0 Å². The van der Waals surface area contributed by atoms with E-state index < -0.39 is 16.1 Å². The maximum Gasteiger partial charge on any atom is 0.253 e. The number of nitrogens with zero attached hydrogens (tertiary/aromatic N) is 2. The highest BCUT2D eigenvalue weighted by molar-refractivity contribution is 7.91. The van der Waals surface area contributed by atoms with Crippen LogP contribution in [0.1, 0.15) is 39.5 Å². The van der Waals surface area contributed by atoms with Crippen molar-refractivity contribution < 1.29 is 17.9 Å². The zero-order chi connectivity index (χ0) is 20.9. The second kappa shape index (κ2) is 10.3. The summed E-state index contributed by atoms with van der Waals surface area (Å²) in [6, 6.07) is 2.97. The number of sulfonamides is 1. The van der Waals surface area contributed by atoms with E-state index in [-0.39, 0.29) is 11.9 Å². The molecule has 3 heterocycles. The van der Waals surface area contributed by atoms with Crippen LogP contribution in [0.5, 0.6) is 0 Å². The highest BCUT2D eigenvalue weighted by Gasteiger charge is 2.40. The van der Waals surface area contributed by atoms with E-state index in [2.05, 4.69) is 24.1 Å². The monoisotopic (exact) mass is 443 g/mol. The van der Waals surface area contributed by atoms with Crippen LogP contribution in [0.15, 0.2) is 21.7 Å². The molecule has 0 saturated carbocycles. The first-order chi connectivity index (χ1) is 14.0. The molecule has 164 valence electrons.